The number of hydrogen-bond acceptors (Lipinski definition) is 7. The van der Waals surface area contributed by atoms with Crippen molar-refractivity contribution < 1.29 is 28.6 Å². The maximum atomic E-state index is 13.2. The van der Waals surface area contributed by atoms with E-state index in [1.807, 2.05) is 0 Å². The van der Waals surface area contributed by atoms with Crippen molar-refractivity contribution in [2.24, 2.45) is 0 Å². The fourth-order valence-electron chi connectivity index (χ4n) is 3.21. The Bertz CT molecular complexity index is 1240. The average Bonchev–Trinajstić information content (AvgIpc) is 2.93. The Hall–Kier alpha value is -4.23. The molecule has 3 rings (SSSR count). The van der Waals surface area contributed by atoms with Crippen molar-refractivity contribution in [3.63, 3.8) is 0 Å². The highest BCUT2D eigenvalue weighted by Crippen LogP contribution is 2.31. The molecule has 1 aliphatic heterocycles. The number of anilines is 1. The monoisotopic (exact) mass is 494 g/mol. The van der Waals surface area contributed by atoms with Gasteiger partial charge in [-0.05, 0) is 50.6 Å². The number of rotatable bonds is 7. The fraction of sp³-hybridized carbons (Fsp3) is 0.308. The summed E-state index contributed by atoms with van der Waals surface area (Å²) in [5, 5.41) is 19.9. The molecule has 1 aromatic carbocycles. The zero-order chi connectivity index (χ0) is 26.3. The molecule has 1 aromatic heterocycles. The van der Waals surface area contributed by atoms with Gasteiger partial charge in [0, 0.05) is 25.1 Å². The minimum absolute atomic E-state index is 0.00721. The van der Waals surface area contributed by atoms with Gasteiger partial charge in [0.1, 0.15) is 29.8 Å². The number of amides is 2. The van der Waals surface area contributed by atoms with Crippen LogP contribution >= 0.6 is 0 Å². The molecule has 1 unspecified atom stereocenters. The molecule has 1 aliphatic rings. The van der Waals surface area contributed by atoms with Crippen molar-refractivity contribution >= 4 is 23.7 Å². The number of aromatic nitrogens is 1. The fourth-order valence-corrected chi connectivity index (χ4v) is 3.21. The van der Waals surface area contributed by atoms with E-state index in [2.05, 4.69) is 22.1 Å². The second-order valence-corrected chi connectivity index (χ2v) is 8.51. The third kappa shape index (κ3) is 7.38. The summed E-state index contributed by atoms with van der Waals surface area (Å²) in [6, 6.07) is 8.25. The van der Waals surface area contributed by atoms with Crippen LogP contribution in [0.15, 0.2) is 48.2 Å². The van der Waals surface area contributed by atoms with Crippen LogP contribution in [0.5, 0.6) is 11.6 Å². The van der Waals surface area contributed by atoms with Gasteiger partial charge in [-0.1, -0.05) is 17.9 Å². The number of nitrogens with zero attached hydrogens (tertiary/aromatic N) is 2. The molecule has 188 valence electrons. The predicted molar refractivity (Wildman–Crippen MR) is 131 cm³/mol. The van der Waals surface area contributed by atoms with Crippen LogP contribution < -0.4 is 19.7 Å². The number of pyridine rings is 1. The second kappa shape index (κ2) is 11.5. The zero-order valence-electron chi connectivity index (χ0n) is 20.2. The van der Waals surface area contributed by atoms with Crippen LogP contribution in [0.25, 0.3) is 0 Å². The van der Waals surface area contributed by atoms with Gasteiger partial charge in [-0.3, -0.25) is 9.59 Å². The van der Waals surface area contributed by atoms with E-state index in [1.54, 1.807) is 39.1 Å². The quantitative estimate of drug-likeness (QED) is 0.235. The molecule has 0 spiro atoms. The van der Waals surface area contributed by atoms with Gasteiger partial charge in [0.2, 0.25) is 17.7 Å². The van der Waals surface area contributed by atoms with Crippen LogP contribution in [0.3, 0.4) is 0 Å². The molecule has 0 radical (unpaired) electrons. The first-order valence-electron chi connectivity index (χ1n) is 11.2. The summed E-state index contributed by atoms with van der Waals surface area (Å²) < 4.78 is 24.3. The maximum Gasteiger partial charge on any atom is 0.252 e. The van der Waals surface area contributed by atoms with E-state index >= 15 is 0 Å². The topological polar surface area (TPSA) is 125 Å². The molecule has 2 heterocycles. The molecule has 2 aromatic rings. The van der Waals surface area contributed by atoms with Crippen molar-refractivity contribution in [1.29, 1.82) is 5.41 Å². The Morgan fingerprint density at radius 3 is 2.89 bits per heavy atom. The zero-order valence-corrected chi connectivity index (χ0v) is 20.2. The molecule has 36 heavy (non-hydrogen) atoms. The van der Waals surface area contributed by atoms with Crippen LogP contribution in [0.1, 0.15) is 32.3 Å². The van der Waals surface area contributed by atoms with E-state index in [4.69, 9.17) is 14.9 Å². The van der Waals surface area contributed by atoms with E-state index in [0.717, 1.165) is 6.21 Å². The number of aliphatic hydroxyl groups is 1. The van der Waals surface area contributed by atoms with Crippen molar-refractivity contribution in [2.45, 2.75) is 38.3 Å². The SMILES string of the molecule is CN1C(=O)C(NC(=O)CC/C=C(\C=N)Oc2cccc(F)n2)COc2ccc(C#CC(C)(C)O)cc21. The number of likely N-dealkylation sites (N-methyl/N-ethyl adjacent to an activating group) is 1. The third-order valence-corrected chi connectivity index (χ3v) is 4.97. The summed E-state index contributed by atoms with van der Waals surface area (Å²) in [5.74, 6) is 4.71. The Morgan fingerprint density at radius 2 is 2.19 bits per heavy atom. The number of hydrogen-bond donors (Lipinski definition) is 3. The number of carbonyl (C=O) groups excluding carboxylic acids is 2. The van der Waals surface area contributed by atoms with Gasteiger partial charge >= 0.3 is 0 Å². The largest absolute Gasteiger partial charge is 0.489 e. The standard InChI is InChI=1S/C26H27FN4O5/c1-26(2,34)13-12-17-10-11-21-20(14-17)31(3)25(33)19(16-35-21)29-23(32)8-4-6-18(15-28)36-24-9-5-7-22(27)30-24/h5-7,9-11,14-15,19,28,34H,4,8,16H2,1-3H3,(H,29,32)/b18-6+,28-15?. The predicted octanol–water partition coefficient (Wildman–Crippen LogP) is 2.58. The highest BCUT2D eigenvalue weighted by molar-refractivity contribution is 6.00. The van der Waals surface area contributed by atoms with Crippen molar-refractivity contribution in [1.82, 2.24) is 10.3 Å². The third-order valence-electron chi connectivity index (χ3n) is 4.97. The molecule has 0 aliphatic carbocycles. The Morgan fingerprint density at radius 1 is 1.42 bits per heavy atom. The minimum atomic E-state index is -1.16. The first kappa shape index (κ1) is 26.4. The van der Waals surface area contributed by atoms with Crippen LogP contribution in [-0.2, 0) is 9.59 Å². The summed E-state index contributed by atoms with van der Waals surface area (Å²) in [7, 11) is 1.58. The molecule has 3 N–H and O–H groups in total. The van der Waals surface area contributed by atoms with Gasteiger partial charge in [-0.2, -0.15) is 9.37 Å². The van der Waals surface area contributed by atoms with E-state index in [0.29, 0.717) is 17.0 Å². The summed E-state index contributed by atoms with van der Waals surface area (Å²) in [4.78, 5) is 30.4. The molecule has 1 atom stereocenters. The Labute approximate surface area is 208 Å². The summed E-state index contributed by atoms with van der Waals surface area (Å²) in [5.41, 5.74) is -0.0515. The molecular formula is C26H27FN4O5. The van der Waals surface area contributed by atoms with Gasteiger partial charge in [-0.25, -0.2) is 0 Å². The molecule has 0 saturated heterocycles. The Kier molecular flexibility index (Phi) is 8.40. The lowest BCUT2D eigenvalue weighted by Crippen LogP contribution is -2.49. The van der Waals surface area contributed by atoms with E-state index in [9.17, 15) is 19.1 Å². The molecule has 0 bridgehead atoms. The van der Waals surface area contributed by atoms with Gasteiger partial charge in [0.25, 0.3) is 5.91 Å². The van der Waals surface area contributed by atoms with Gasteiger partial charge in [0.15, 0.2) is 0 Å². The number of benzene rings is 1. The van der Waals surface area contributed by atoms with Crippen LogP contribution in [0.2, 0.25) is 0 Å². The molecule has 9 nitrogen and oxygen atoms in total. The lowest BCUT2D eigenvalue weighted by atomic mass is 10.1. The number of ether oxygens (including phenoxy) is 2. The Balaban J connectivity index is 1.60. The maximum absolute atomic E-state index is 13.2. The molecular weight excluding hydrogens is 467 g/mol. The van der Waals surface area contributed by atoms with Crippen molar-refractivity contribution in [3.8, 4) is 23.5 Å². The van der Waals surface area contributed by atoms with E-state index in [1.165, 1.54) is 29.2 Å². The van der Waals surface area contributed by atoms with Crippen LogP contribution in [0.4, 0.5) is 10.1 Å². The highest BCUT2D eigenvalue weighted by atomic mass is 19.1. The summed E-state index contributed by atoms with van der Waals surface area (Å²) in [6.07, 6.45) is 2.67. The lowest BCUT2D eigenvalue weighted by molar-refractivity contribution is -0.127. The smallest absolute Gasteiger partial charge is 0.252 e. The minimum Gasteiger partial charge on any atom is -0.489 e. The highest BCUT2D eigenvalue weighted by Gasteiger charge is 2.30. The number of fused-ring (bicyclic) bond motifs is 1. The first-order valence-corrected chi connectivity index (χ1v) is 11.2. The van der Waals surface area contributed by atoms with Crippen LogP contribution in [-0.4, -0.2) is 53.4 Å². The van der Waals surface area contributed by atoms with E-state index in [-0.39, 0.29) is 37.0 Å². The van der Waals surface area contributed by atoms with E-state index < -0.39 is 23.5 Å². The van der Waals surface area contributed by atoms with Crippen molar-refractivity contribution in [3.05, 3.63) is 59.7 Å². The molecule has 2 amide bonds. The van der Waals surface area contributed by atoms with Crippen LogP contribution in [0, 0.1) is 23.2 Å². The summed E-state index contributed by atoms with van der Waals surface area (Å²) in [6.45, 7) is 3.10. The number of allylic oxidation sites excluding steroid dienone is 2. The van der Waals surface area contributed by atoms with Gasteiger partial charge in [-0.15, -0.1) is 0 Å². The van der Waals surface area contributed by atoms with Crippen molar-refractivity contribution in [2.75, 3.05) is 18.6 Å². The molecule has 0 saturated carbocycles. The summed E-state index contributed by atoms with van der Waals surface area (Å²) >= 11 is 0. The molecule has 10 heteroatoms. The van der Waals surface area contributed by atoms with Gasteiger partial charge in [0.05, 0.1) is 11.9 Å². The number of carbonyl (C=O) groups is 2. The normalized spacial score (nSPS) is 15.6. The lowest BCUT2D eigenvalue weighted by Gasteiger charge is -2.20. The average molecular weight is 495 g/mol. The number of halogens is 1. The number of nitrogens with one attached hydrogen (secondary N) is 2. The van der Waals surface area contributed by atoms with Gasteiger partial charge < -0.3 is 30.2 Å². The molecule has 0 fully saturated rings. The second-order valence-electron chi connectivity index (χ2n) is 8.51. The first-order chi connectivity index (χ1) is 17.1.